The molecule has 1 aliphatic rings. The van der Waals surface area contributed by atoms with Gasteiger partial charge in [0.2, 0.25) is 0 Å². The lowest BCUT2D eigenvalue weighted by Crippen LogP contribution is -2.15. The summed E-state index contributed by atoms with van der Waals surface area (Å²) in [5.41, 5.74) is 0. The highest BCUT2D eigenvalue weighted by molar-refractivity contribution is 8.00. The van der Waals surface area contributed by atoms with Crippen LogP contribution in [0.4, 0.5) is 0 Å². The first-order valence-electron chi connectivity index (χ1n) is 6.79. The van der Waals surface area contributed by atoms with E-state index in [4.69, 9.17) is 4.74 Å². The van der Waals surface area contributed by atoms with Crippen LogP contribution in [-0.2, 0) is 4.74 Å². The molecular formula is C15H22O2S. The topological polar surface area (TPSA) is 29.5 Å². The Kier molecular flexibility index (Phi) is 5.54. The third kappa shape index (κ3) is 4.30. The van der Waals surface area contributed by atoms with Crippen molar-refractivity contribution in [3.8, 4) is 0 Å². The van der Waals surface area contributed by atoms with E-state index >= 15 is 0 Å². The van der Waals surface area contributed by atoms with E-state index in [1.54, 1.807) is 0 Å². The number of benzene rings is 1. The third-order valence-electron chi connectivity index (χ3n) is 3.24. The van der Waals surface area contributed by atoms with Gasteiger partial charge in [0, 0.05) is 16.6 Å². The molecule has 3 heteroatoms. The van der Waals surface area contributed by atoms with Crippen molar-refractivity contribution >= 4 is 11.8 Å². The Morgan fingerprint density at radius 2 is 2.17 bits per heavy atom. The summed E-state index contributed by atoms with van der Waals surface area (Å²) in [6.45, 7) is 2.74. The first-order chi connectivity index (χ1) is 8.78. The number of rotatable bonds is 6. The maximum Gasteiger partial charge on any atom is 0.0798 e. The van der Waals surface area contributed by atoms with Crippen molar-refractivity contribution in [3.63, 3.8) is 0 Å². The van der Waals surface area contributed by atoms with Crippen LogP contribution in [0.15, 0.2) is 35.2 Å². The maximum atomic E-state index is 9.50. The van der Waals surface area contributed by atoms with Gasteiger partial charge in [-0.05, 0) is 25.0 Å². The van der Waals surface area contributed by atoms with E-state index < -0.39 is 0 Å². The normalized spacial score (nSPS) is 25.2. The zero-order valence-electron chi connectivity index (χ0n) is 10.9. The lowest BCUT2D eigenvalue weighted by Gasteiger charge is -2.19. The number of hydrogen-bond acceptors (Lipinski definition) is 3. The van der Waals surface area contributed by atoms with Crippen LogP contribution < -0.4 is 0 Å². The van der Waals surface area contributed by atoms with E-state index in [0.29, 0.717) is 11.9 Å². The number of aliphatic hydroxyl groups excluding tert-OH is 1. The molecule has 1 heterocycles. The van der Waals surface area contributed by atoms with E-state index in [2.05, 4.69) is 37.3 Å². The molecule has 1 saturated heterocycles. The van der Waals surface area contributed by atoms with E-state index in [9.17, 15) is 5.11 Å². The molecule has 1 N–H and O–H groups in total. The molecule has 0 radical (unpaired) electrons. The number of hydrogen-bond donors (Lipinski definition) is 1. The average Bonchev–Trinajstić information content (AvgIpc) is 2.76. The molecule has 3 atom stereocenters. The van der Waals surface area contributed by atoms with Crippen molar-refractivity contribution in [3.05, 3.63) is 30.3 Å². The molecular weight excluding hydrogens is 244 g/mol. The van der Waals surface area contributed by atoms with E-state index in [1.807, 2.05) is 11.8 Å². The SMILES string of the molecule is CCC[C@H](CC1C[C@H](O)CO1)Sc1ccccc1. The maximum absolute atomic E-state index is 9.50. The molecule has 100 valence electrons. The predicted octanol–water partition coefficient (Wildman–Crippen LogP) is 3.49. The molecule has 0 amide bonds. The van der Waals surface area contributed by atoms with Crippen molar-refractivity contribution in [2.75, 3.05) is 6.61 Å². The summed E-state index contributed by atoms with van der Waals surface area (Å²) in [7, 11) is 0. The van der Waals surface area contributed by atoms with Crippen LogP contribution in [-0.4, -0.2) is 29.2 Å². The van der Waals surface area contributed by atoms with Crippen LogP contribution in [0.25, 0.3) is 0 Å². The zero-order valence-corrected chi connectivity index (χ0v) is 11.7. The van der Waals surface area contributed by atoms with Gasteiger partial charge in [-0.3, -0.25) is 0 Å². The first-order valence-corrected chi connectivity index (χ1v) is 7.67. The Hall–Kier alpha value is -0.510. The number of thioether (sulfide) groups is 1. The summed E-state index contributed by atoms with van der Waals surface area (Å²) in [6.07, 6.45) is 4.24. The summed E-state index contributed by atoms with van der Waals surface area (Å²) in [6, 6.07) is 10.5. The second-order valence-corrected chi connectivity index (χ2v) is 6.30. The Bertz CT molecular complexity index is 342. The number of ether oxygens (including phenoxy) is 1. The molecule has 1 fully saturated rings. The van der Waals surface area contributed by atoms with Crippen LogP contribution in [0.1, 0.15) is 32.6 Å². The molecule has 1 unspecified atom stereocenters. The van der Waals surface area contributed by atoms with Crippen molar-refractivity contribution in [2.45, 2.75) is 55.0 Å². The monoisotopic (exact) mass is 266 g/mol. The summed E-state index contributed by atoms with van der Waals surface area (Å²) in [5, 5.41) is 10.1. The number of aliphatic hydroxyl groups is 1. The highest BCUT2D eigenvalue weighted by Gasteiger charge is 2.26. The van der Waals surface area contributed by atoms with Crippen LogP contribution in [0, 0.1) is 0 Å². The van der Waals surface area contributed by atoms with Gasteiger partial charge in [-0.2, -0.15) is 0 Å². The average molecular weight is 266 g/mol. The summed E-state index contributed by atoms with van der Waals surface area (Å²) < 4.78 is 5.62. The van der Waals surface area contributed by atoms with Crippen molar-refractivity contribution in [2.24, 2.45) is 0 Å². The molecule has 2 nitrogen and oxygen atoms in total. The van der Waals surface area contributed by atoms with Gasteiger partial charge in [-0.25, -0.2) is 0 Å². The van der Waals surface area contributed by atoms with Gasteiger partial charge in [-0.1, -0.05) is 31.5 Å². The van der Waals surface area contributed by atoms with Gasteiger partial charge in [0.05, 0.1) is 18.8 Å². The van der Waals surface area contributed by atoms with Crippen LogP contribution in [0.5, 0.6) is 0 Å². The third-order valence-corrected chi connectivity index (χ3v) is 4.55. The van der Waals surface area contributed by atoms with Crippen LogP contribution in [0.2, 0.25) is 0 Å². The summed E-state index contributed by atoms with van der Waals surface area (Å²) in [5.74, 6) is 0. The fraction of sp³-hybridized carbons (Fsp3) is 0.600. The zero-order chi connectivity index (χ0) is 12.8. The molecule has 1 aliphatic heterocycles. The predicted molar refractivity (Wildman–Crippen MR) is 76.0 cm³/mol. The second kappa shape index (κ2) is 7.17. The Morgan fingerprint density at radius 3 is 2.78 bits per heavy atom. The highest BCUT2D eigenvalue weighted by Crippen LogP contribution is 2.31. The van der Waals surface area contributed by atoms with Gasteiger partial charge >= 0.3 is 0 Å². The molecule has 0 saturated carbocycles. The highest BCUT2D eigenvalue weighted by atomic mass is 32.2. The van der Waals surface area contributed by atoms with Gasteiger partial charge in [-0.15, -0.1) is 11.8 Å². The Morgan fingerprint density at radius 1 is 1.39 bits per heavy atom. The Labute approximate surface area is 114 Å². The standard InChI is InChI=1S/C15H22O2S/c1-2-6-15(10-13-9-12(16)11-17-13)18-14-7-4-3-5-8-14/h3-5,7-8,12-13,15-16H,2,6,9-11H2,1H3/t12-,13?,15+/m0/s1. The minimum atomic E-state index is -0.251. The fourth-order valence-electron chi connectivity index (χ4n) is 2.38. The lowest BCUT2D eigenvalue weighted by atomic mass is 10.1. The molecule has 1 aromatic rings. The van der Waals surface area contributed by atoms with Crippen LogP contribution in [0.3, 0.4) is 0 Å². The largest absolute Gasteiger partial charge is 0.391 e. The lowest BCUT2D eigenvalue weighted by molar-refractivity contribution is 0.0838. The van der Waals surface area contributed by atoms with Gasteiger partial charge < -0.3 is 9.84 Å². The van der Waals surface area contributed by atoms with E-state index in [-0.39, 0.29) is 12.2 Å². The fourth-order valence-corrected chi connectivity index (χ4v) is 3.75. The van der Waals surface area contributed by atoms with Crippen molar-refractivity contribution in [1.82, 2.24) is 0 Å². The minimum Gasteiger partial charge on any atom is -0.391 e. The van der Waals surface area contributed by atoms with Gasteiger partial charge in [0.25, 0.3) is 0 Å². The molecule has 18 heavy (non-hydrogen) atoms. The van der Waals surface area contributed by atoms with Crippen LogP contribution >= 0.6 is 11.8 Å². The summed E-state index contributed by atoms with van der Waals surface area (Å²) in [4.78, 5) is 1.33. The molecule has 0 spiro atoms. The summed E-state index contributed by atoms with van der Waals surface area (Å²) >= 11 is 1.94. The molecule has 0 bridgehead atoms. The first kappa shape index (κ1) is 13.9. The Balaban J connectivity index is 1.87. The minimum absolute atomic E-state index is 0.243. The van der Waals surface area contributed by atoms with Gasteiger partial charge in [0.15, 0.2) is 0 Å². The quantitative estimate of drug-likeness (QED) is 0.799. The van der Waals surface area contributed by atoms with E-state index in [0.717, 1.165) is 12.8 Å². The van der Waals surface area contributed by atoms with Crippen molar-refractivity contribution in [1.29, 1.82) is 0 Å². The molecule has 1 aromatic carbocycles. The molecule has 2 rings (SSSR count). The van der Waals surface area contributed by atoms with E-state index in [1.165, 1.54) is 17.7 Å². The second-order valence-electron chi connectivity index (χ2n) is 4.92. The van der Waals surface area contributed by atoms with Gasteiger partial charge in [0.1, 0.15) is 0 Å². The molecule has 0 aromatic heterocycles. The van der Waals surface area contributed by atoms with Crippen molar-refractivity contribution < 1.29 is 9.84 Å². The molecule has 0 aliphatic carbocycles. The smallest absolute Gasteiger partial charge is 0.0798 e.